The van der Waals surface area contributed by atoms with Gasteiger partial charge in [0.25, 0.3) is 11.4 Å². The van der Waals surface area contributed by atoms with Crippen LogP contribution in [-0.2, 0) is 44.6 Å². The SMILES string of the molecule is O=[N+]([O-])c1ccc2c(c1)CN(CN1Cc3cc([N+](=O)[O-])ccc3CS1(=O)=O)S(=O)(=O)C2. The molecule has 0 N–H and O–H groups in total. The van der Waals surface area contributed by atoms with Crippen LogP contribution in [-0.4, -0.2) is 42.0 Å². The Morgan fingerprint density at radius 3 is 1.45 bits per heavy atom. The molecule has 0 radical (unpaired) electrons. The lowest BCUT2D eigenvalue weighted by molar-refractivity contribution is -0.385. The highest BCUT2D eigenvalue weighted by molar-refractivity contribution is 7.89. The van der Waals surface area contributed by atoms with Crippen molar-refractivity contribution < 1.29 is 26.7 Å². The Morgan fingerprint density at radius 2 is 1.10 bits per heavy atom. The molecule has 0 aromatic heterocycles. The number of nitro groups is 2. The maximum absolute atomic E-state index is 12.7. The number of nitrogens with zero attached hydrogens (tertiary/aromatic N) is 4. The zero-order valence-corrected chi connectivity index (χ0v) is 17.5. The summed E-state index contributed by atoms with van der Waals surface area (Å²) in [5.74, 6) is -0.813. The third-order valence-corrected chi connectivity index (χ3v) is 8.69. The van der Waals surface area contributed by atoms with Gasteiger partial charge in [0, 0.05) is 37.4 Å². The van der Waals surface area contributed by atoms with Crippen molar-refractivity contribution in [2.75, 3.05) is 6.67 Å². The minimum absolute atomic E-state index is 0.190. The van der Waals surface area contributed by atoms with Crippen molar-refractivity contribution in [2.45, 2.75) is 24.6 Å². The predicted molar refractivity (Wildman–Crippen MR) is 107 cm³/mol. The smallest absolute Gasteiger partial charge is 0.258 e. The maximum Gasteiger partial charge on any atom is 0.269 e. The molecule has 2 heterocycles. The summed E-state index contributed by atoms with van der Waals surface area (Å²) in [7, 11) is -7.74. The molecule has 2 aromatic carbocycles. The van der Waals surface area contributed by atoms with E-state index in [1.165, 1.54) is 36.4 Å². The lowest BCUT2D eigenvalue weighted by atomic mass is 10.1. The van der Waals surface area contributed by atoms with Gasteiger partial charge in [0.05, 0.1) is 28.0 Å². The van der Waals surface area contributed by atoms with E-state index in [4.69, 9.17) is 0 Å². The second kappa shape index (κ2) is 7.33. The molecule has 14 heteroatoms. The number of non-ortho nitro benzene ring substituents is 2. The molecule has 0 unspecified atom stereocenters. The summed E-state index contributed by atoms with van der Waals surface area (Å²) in [5.41, 5.74) is 1.31. The van der Waals surface area contributed by atoms with Crippen LogP contribution >= 0.6 is 0 Å². The predicted octanol–water partition coefficient (Wildman–Crippen LogP) is 1.45. The van der Waals surface area contributed by atoms with Gasteiger partial charge >= 0.3 is 0 Å². The van der Waals surface area contributed by atoms with E-state index in [2.05, 4.69) is 0 Å². The lowest BCUT2D eigenvalue weighted by Gasteiger charge is -2.34. The van der Waals surface area contributed by atoms with E-state index < -0.39 is 48.1 Å². The highest BCUT2D eigenvalue weighted by Gasteiger charge is 2.37. The first-order valence-electron chi connectivity index (χ1n) is 8.94. The average molecular weight is 468 g/mol. The van der Waals surface area contributed by atoms with Crippen molar-refractivity contribution in [1.82, 2.24) is 8.61 Å². The Morgan fingerprint density at radius 1 is 0.710 bits per heavy atom. The summed E-state index contributed by atoms with van der Waals surface area (Å²) < 4.78 is 52.8. The van der Waals surface area contributed by atoms with Crippen molar-refractivity contribution in [1.29, 1.82) is 0 Å². The van der Waals surface area contributed by atoms with Crippen LogP contribution in [0.3, 0.4) is 0 Å². The van der Waals surface area contributed by atoms with Crippen molar-refractivity contribution >= 4 is 31.4 Å². The number of nitro benzene ring substituents is 2. The molecule has 0 amide bonds. The van der Waals surface area contributed by atoms with E-state index in [1.54, 1.807) is 0 Å². The normalized spacial score (nSPS) is 19.9. The van der Waals surface area contributed by atoms with Crippen LogP contribution in [0.25, 0.3) is 0 Å². The second-order valence-corrected chi connectivity index (χ2v) is 11.2. The van der Waals surface area contributed by atoms with Gasteiger partial charge in [0.2, 0.25) is 20.0 Å². The Bertz CT molecular complexity index is 1220. The Labute approximate surface area is 177 Å². The summed E-state index contributed by atoms with van der Waals surface area (Å²) in [4.78, 5) is 20.9. The molecule has 0 saturated heterocycles. The Balaban J connectivity index is 1.65. The Kier molecular flexibility index (Phi) is 5.04. The molecule has 0 bridgehead atoms. The first kappa shape index (κ1) is 21.3. The summed E-state index contributed by atoms with van der Waals surface area (Å²) in [6.07, 6.45) is 0. The molecule has 0 spiro atoms. The second-order valence-electron chi connectivity index (χ2n) is 7.29. The number of benzene rings is 2. The van der Waals surface area contributed by atoms with Crippen LogP contribution in [0, 0.1) is 20.2 Å². The topological polar surface area (TPSA) is 161 Å². The molecule has 31 heavy (non-hydrogen) atoms. The maximum atomic E-state index is 12.7. The summed E-state index contributed by atoms with van der Waals surface area (Å²) in [6.45, 7) is -0.921. The highest BCUT2D eigenvalue weighted by Crippen LogP contribution is 2.32. The van der Waals surface area contributed by atoms with Crippen molar-refractivity contribution in [2.24, 2.45) is 0 Å². The molecule has 2 aliphatic rings. The molecular weight excluding hydrogens is 452 g/mol. The lowest BCUT2D eigenvalue weighted by Crippen LogP contribution is -2.47. The van der Waals surface area contributed by atoms with Gasteiger partial charge in [-0.05, 0) is 22.3 Å². The summed E-state index contributed by atoms with van der Waals surface area (Å²) >= 11 is 0. The number of sulfonamides is 2. The Hall–Kier alpha value is -2.94. The molecule has 2 aromatic rings. The fraction of sp³-hybridized carbons (Fsp3) is 0.294. The fourth-order valence-electron chi connectivity index (χ4n) is 3.63. The number of fused-ring (bicyclic) bond motifs is 2. The number of hydrogen-bond acceptors (Lipinski definition) is 8. The largest absolute Gasteiger partial charge is 0.269 e. The fourth-order valence-corrected chi connectivity index (χ4v) is 6.72. The van der Waals surface area contributed by atoms with E-state index >= 15 is 0 Å². The summed E-state index contributed by atoms with van der Waals surface area (Å²) in [6, 6.07) is 7.78. The van der Waals surface area contributed by atoms with Crippen molar-refractivity contribution in [3.05, 3.63) is 78.9 Å². The van der Waals surface area contributed by atoms with Gasteiger partial charge in [-0.15, -0.1) is 0 Å². The van der Waals surface area contributed by atoms with E-state index in [1.807, 2.05) is 0 Å². The van der Waals surface area contributed by atoms with Gasteiger partial charge in [-0.1, -0.05) is 12.1 Å². The van der Waals surface area contributed by atoms with Gasteiger partial charge in [-0.3, -0.25) is 20.2 Å². The van der Waals surface area contributed by atoms with E-state index in [9.17, 15) is 37.1 Å². The average Bonchev–Trinajstić information content (AvgIpc) is 2.67. The van der Waals surface area contributed by atoms with Crippen LogP contribution < -0.4 is 0 Å². The van der Waals surface area contributed by atoms with Crippen LogP contribution in [0.5, 0.6) is 0 Å². The quantitative estimate of drug-likeness (QED) is 0.481. The van der Waals surface area contributed by atoms with Crippen molar-refractivity contribution in [3.8, 4) is 0 Å². The standard InChI is InChI=1S/C17H16N4O8S2/c22-20(23)16-3-1-12-9-30(26,27)18(7-14(12)5-16)11-19-8-15-6-17(21(24)25)4-2-13(15)10-31(19,28)29/h1-6H,7-11H2. The third-order valence-electron chi connectivity index (χ3n) is 5.27. The van der Waals surface area contributed by atoms with Crippen LogP contribution in [0.1, 0.15) is 22.3 Å². The van der Waals surface area contributed by atoms with Gasteiger partial charge in [-0.25, -0.2) is 16.8 Å². The van der Waals surface area contributed by atoms with Crippen LogP contribution in [0.15, 0.2) is 36.4 Å². The molecule has 164 valence electrons. The first-order valence-corrected chi connectivity index (χ1v) is 12.2. The van der Waals surface area contributed by atoms with Gasteiger partial charge in [-0.2, -0.15) is 8.61 Å². The molecule has 4 rings (SSSR count). The van der Waals surface area contributed by atoms with Crippen LogP contribution in [0.4, 0.5) is 11.4 Å². The monoisotopic (exact) mass is 468 g/mol. The minimum Gasteiger partial charge on any atom is -0.258 e. The molecule has 0 aliphatic carbocycles. The molecule has 0 saturated carbocycles. The van der Waals surface area contributed by atoms with Crippen molar-refractivity contribution in [3.63, 3.8) is 0 Å². The molecule has 12 nitrogen and oxygen atoms in total. The van der Waals surface area contributed by atoms with E-state index in [0.717, 1.165) is 8.61 Å². The molecular formula is C17H16N4O8S2. The molecule has 2 aliphatic heterocycles. The summed E-state index contributed by atoms with van der Waals surface area (Å²) in [5, 5.41) is 22.1. The molecule has 0 fully saturated rings. The van der Waals surface area contributed by atoms with E-state index in [-0.39, 0.29) is 24.5 Å². The number of hydrogen-bond donors (Lipinski definition) is 0. The highest BCUT2D eigenvalue weighted by atomic mass is 32.2. The molecule has 0 atom stereocenters. The van der Waals surface area contributed by atoms with Crippen LogP contribution in [0.2, 0.25) is 0 Å². The minimum atomic E-state index is -3.87. The zero-order valence-electron chi connectivity index (χ0n) is 15.9. The number of rotatable bonds is 4. The van der Waals surface area contributed by atoms with Gasteiger partial charge < -0.3 is 0 Å². The van der Waals surface area contributed by atoms with E-state index in [0.29, 0.717) is 22.3 Å². The third kappa shape index (κ3) is 4.01. The van der Waals surface area contributed by atoms with Gasteiger partial charge in [0.1, 0.15) is 0 Å². The van der Waals surface area contributed by atoms with Gasteiger partial charge in [0.15, 0.2) is 0 Å². The zero-order chi connectivity index (χ0) is 22.6. The first-order chi connectivity index (χ1) is 14.5.